The molecule has 0 aliphatic rings. The zero-order valence-corrected chi connectivity index (χ0v) is 9.19. The summed E-state index contributed by atoms with van der Waals surface area (Å²) >= 11 is 0. The first-order valence-electron chi connectivity index (χ1n) is 5.38. The Kier molecular flexibility index (Phi) is 5.71. The fourth-order valence-corrected chi connectivity index (χ4v) is 1.53. The first-order chi connectivity index (χ1) is 7.33. The van der Waals surface area contributed by atoms with E-state index in [4.69, 9.17) is 4.74 Å². The van der Waals surface area contributed by atoms with Gasteiger partial charge in [-0.3, -0.25) is 0 Å². The summed E-state index contributed by atoms with van der Waals surface area (Å²) in [4.78, 5) is 10.0. The minimum atomic E-state index is 0.220. The van der Waals surface area contributed by atoms with Crippen molar-refractivity contribution < 1.29 is 9.53 Å². The van der Waals surface area contributed by atoms with Crippen molar-refractivity contribution in [1.29, 1.82) is 0 Å². The van der Waals surface area contributed by atoms with Gasteiger partial charge in [0.25, 0.3) is 0 Å². The van der Waals surface area contributed by atoms with Crippen LogP contribution in [0.25, 0.3) is 0 Å². The molecule has 0 aliphatic heterocycles. The lowest BCUT2D eigenvalue weighted by atomic mass is 9.99. The Morgan fingerprint density at radius 2 is 2.07 bits per heavy atom. The van der Waals surface area contributed by atoms with Gasteiger partial charge in [-0.2, -0.15) is 0 Å². The van der Waals surface area contributed by atoms with Gasteiger partial charge in [0, 0.05) is 6.61 Å². The summed E-state index contributed by atoms with van der Waals surface area (Å²) in [5.41, 5.74) is 1.36. The molecule has 0 fully saturated rings. The Balaban J connectivity index is 2.18. The number of hydrogen-bond acceptors (Lipinski definition) is 2. The monoisotopic (exact) mass is 206 g/mol. The number of carbonyl (C=O) groups is 1. The second-order valence-electron chi connectivity index (χ2n) is 3.83. The highest BCUT2D eigenvalue weighted by atomic mass is 16.5. The molecule has 0 N–H and O–H groups in total. The number of hydrogen-bond donors (Lipinski definition) is 0. The molecule has 2 heteroatoms. The molecule has 0 spiro atoms. The highest BCUT2D eigenvalue weighted by molar-refractivity contribution is 5.50. The van der Waals surface area contributed by atoms with Gasteiger partial charge >= 0.3 is 0 Å². The molecule has 1 atom stereocenters. The van der Waals surface area contributed by atoms with Crippen LogP contribution in [0.1, 0.15) is 18.9 Å². The number of benzene rings is 1. The van der Waals surface area contributed by atoms with Gasteiger partial charge in [0.05, 0.1) is 0 Å². The Bertz CT molecular complexity index is 269. The summed E-state index contributed by atoms with van der Waals surface area (Å²) in [6, 6.07) is 10.4. The zero-order valence-electron chi connectivity index (χ0n) is 9.19. The van der Waals surface area contributed by atoms with Gasteiger partial charge in [0.2, 0.25) is 0 Å². The van der Waals surface area contributed by atoms with Crippen LogP contribution in [0.4, 0.5) is 0 Å². The van der Waals surface area contributed by atoms with Gasteiger partial charge in [-0.15, -0.1) is 0 Å². The molecule has 15 heavy (non-hydrogen) atoms. The molecular formula is C13H18O2. The molecule has 82 valence electrons. The maximum Gasteiger partial charge on any atom is 0.145 e. The summed E-state index contributed by atoms with van der Waals surface area (Å²) in [7, 11) is 0. The van der Waals surface area contributed by atoms with Crippen LogP contribution in [0.15, 0.2) is 30.3 Å². The van der Waals surface area contributed by atoms with E-state index in [0.717, 1.165) is 19.1 Å². The SMILES string of the molecule is CC(CCOCC=O)Cc1ccccc1. The Morgan fingerprint density at radius 3 is 2.73 bits per heavy atom. The molecule has 0 aliphatic carbocycles. The first-order valence-corrected chi connectivity index (χ1v) is 5.38. The first kappa shape index (κ1) is 11.9. The van der Waals surface area contributed by atoms with Crippen molar-refractivity contribution in [2.75, 3.05) is 13.2 Å². The summed E-state index contributed by atoms with van der Waals surface area (Å²) in [5.74, 6) is 0.596. The number of ether oxygens (including phenoxy) is 1. The maximum atomic E-state index is 10.0. The van der Waals surface area contributed by atoms with Crippen LogP contribution in [0, 0.1) is 5.92 Å². The van der Waals surface area contributed by atoms with Crippen LogP contribution in [0.2, 0.25) is 0 Å². The quantitative estimate of drug-likeness (QED) is 0.506. The molecule has 0 heterocycles. The van der Waals surface area contributed by atoms with E-state index < -0.39 is 0 Å². The van der Waals surface area contributed by atoms with Gasteiger partial charge < -0.3 is 9.53 Å². The highest BCUT2D eigenvalue weighted by Gasteiger charge is 2.02. The Labute approximate surface area is 91.3 Å². The number of aldehydes is 1. The summed E-state index contributed by atoms with van der Waals surface area (Å²) < 4.78 is 5.12. The van der Waals surface area contributed by atoms with Gasteiger partial charge in [0.1, 0.15) is 12.9 Å². The van der Waals surface area contributed by atoms with E-state index >= 15 is 0 Å². The van der Waals surface area contributed by atoms with Gasteiger partial charge in [0.15, 0.2) is 0 Å². The fourth-order valence-electron chi connectivity index (χ4n) is 1.53. The molecular weight excluding hydrogens is 188 g/mol. The average molecular weight is 206 g/mol. The third kappa shape index (κ3) is 5.33. The molecule has 0 bridgehead atoms. The molecule has 2 nitrogen and oxygen atoms in total. The second-order valence-corrected chi connectivity index (χ2v) is 3.83. The third-order valence-electron chi connectivity index (χ3n) is 2.37. The van der Waals surface area contributed by atoms with Crippen LogP contribution in [-0.2, 0) is 16.0 Å². The maximum absolute atomic E-state index is 10.0. The van der Waals surface area contributed by atoms with Crippen molar-refractivity contribution in [1.82, 2.24) is 0 Å². The Morgan fingerprint density at radius 1 is 1.33 bits per heavy atom. The highest BCUT2D eigenvalue weighted by Crippen LogP contribution is 2.11. The van der Waals surface area contributed by atoms with Crippen LogP contribution in [-0.4, -0.2) is 19.5 Å². The second kappa shape index (κ2) is 7.18. The minimum Gasteiger partial charge on any atom is -0.374 e. The summed E-state index contributed by atoms with van der Waals surface area (Å²) in [6.07, 6.45) is 2.87. The van der Waals surface area contributed by atoms with Crippen molar-refractivity contribution in [2.45, 2.75) is 19.8 Å². The topological polar surface area (TPSA) is 26.3 Å². The van der Waals surface area contributed by atoms with Gasteiger partial charge in [-0.1, -0.05) is 37.3 Å². The van der Waals surface area contributed by atoms with Crippen LogP contribution >= 0.6 is 0 Å². The fraction of sp³-hybridized carbons (Fsp3) is 0.462. The van der Waals surface area contributed by atoms with E-state index in [-0.39, 0.29) is 6.61 Å². The van der Waals surface area contributed by atoms with Crippen LogP contribution in [0.5, 0.6) is 0 Å². The Hall–Kier alpha value is -1.15. The summed E-state index contributed by atoms with van der Waals surface area (Å²) in [5, 5.41) is 0. The lowest BCUT2D eigenvalue weighted by Gasteiger charge is -2.10. The number of carbonyl (C=O) groups excluding carboxylic acids is 1. The smallest absolute Gasteiger partial charge is 0.145 e. The molecule has 1 unspecified atom stereocenters. The minimum absolute atomic E-state index is 0.220. The lowest BCUT2D eigenvalue weighted by molar-refractivity contribution is -0.111. The van der Waals surface area contributed by atoms with Crippen molar-refractivity contribution in [3.63, 3.8) is 0 Å². The lowest BCUT2D eigenvalue weighted by Crippen LogP contribution is -2.06. The summed E-state index contributed by atoms with van der Waals surface area (Å²) in [6.45, 7) is 3.10. The van der Waals surface area contributed by atoms with Crippen molar-refractivity contribution in [3.05, 3.63) is 35.9 Å². The van der Waals surface area contributed by atoms with Crippen molar-refractivity contribution >= 4 is 6.29 Å². The number of rotatable bonds is 7. The molecule has 0 aromatic heterocycles. The zero-order chi connectivity index (χ0) is 10.9. The molecule has 1 aromatic carbocycles. The molecule has 1 aromatic rings. The normalized spacial score (nSPS) is 12.3. The molecule has 0 radical (unpaired) electrons. The molecule has 0 amide bonds. The third-order valence-corrected chi connectivity index (χ3v) is 2.37. The predicted molar refractivity (Wildman–Crippen MR) is 60.8 cm³/mol. The molecule has 1 rings (SSSR count). The van der Waals surface area contributed by atoms with E-state index in [0.29, 0.717) is 12.5 Å². The van der Waals surface area contributed by atoms with E-state index in [1.807, 2.05) is 6.07 Å². The van der Waals surface area contributed by atoms with Gasteiger partial charge in [-0.25, -0.2) is 0 Å². The van der Waals surface area contributed by atoms with E-state index in [1.165, 1.54) is 5.56 Å². The van der Waals surface area contributed by atoms with E-state index in [1.54, 1.807) is 0 Å². The van der Waals surface area contributed by atoms with Crippen molar-refractivity contribution in [3.8, 4) is 0 Å². The standard InChI is InChI=1S/C13H18O2/c1-12(7-9-15-10-8-14)11-13-5-3-2-4-6-13/h2-6,8,12H,7,9-11H2,1H3. The average Bonchev–Trinajstić information content (AvgIpc) is 2.26. The van der Waals surface area contributed by atoms with Crippen LogP contribution < -0.4 is 0 Å². The van der Waals surface area contributed by atoms with E-state index in [2.05, 4.69) is 31.2 Å². The predicted octanol–water partition coefficient (Wildman–Crippen LogP) is 2.47. The molecule has 0 saturated heterocycles. The van der Waals surface area contributed by atoms with Gasteiger partial charge in [-0.05, 0) is 24.3 Å². The van der Waals surface area contributed by atoms with Crippen LogP contribution in [0.3, 0.4) is 0 Å². The largest absolute Gasteiger partial charge is 0.374 e. The molecule has 0 saturated carbocycles. The van der Waals surface area contributed by atoms with Crippen molar-refractivity contribution in [2.24, 2.45) is 5.92 Å². The van der Waals surface area contributed by atoms with E-state index in [9.17, 15) is 4.79 Å².